The number of nitrogens with zero attached hydrogens (tertiary/aromatic N) is 1. The van der Waals surface area contributed by atoms with Crippen molar-refractivity contribution in [1.29, 1.82) is 0 Å². The van der Waals surface area contributed by atoms with E-state index in [4.69, 9.17) is 0 Å². The minimum absolute atomic E-state index is 1.14. The number of benzene rings is 1. The normalized spacial score (nSPS) is 17.1. The van der Waals surface area contributed by atoms with E-state index in [1.54, 1.807) is 5.56 Å². The third kappa shape index (κ3) is 1.75. The van der Waals surface area contributed by atoms with Crippen LogP contribution in [0.5, 0.6) is 0 Å². The largest absolute Gasteiger partial charge is 0.299 e. The Morgan fingerprint density at radius 1 is 1.31 bits per heavy atom. The van der Waals surface area contributed by atoms with Gasteiger partial charge in [0.1, 0.15) is 0 Å². The average molecular weight is 175 g/mol. The molecule has 0 aromatic heterocycles. The summed E-state index contributed by atoms with van der Waals surface area (Å²) in [6.07, 6.45) is 1.23. The van der Waals surface area contributed by atoms with Crippen LogP contribution in [-0.4, -0.2) is 18.0 Å². The lowest BCUT2D eigenvalue weighted by Crippen LogP contribution is -2.30. The molecule has 1 heteroatoms. The Morgan fingerprint density at radius 2 is 2.15 bits per heavy atom. The molecule has 0 bridgehead atoms. The molecule has 2 rings (SSSR count). The first-order valence-electron chi connectivity index (χ1n) is 5.10. The van der Waals surface area contributed by atoms with E-state index in [0.29, 0.717) is 0 Å². The smallest absolute Gasteiger partial charge is 0.0236 e. The molecular weight excluding hydrogens is 158 g/mol. The van der Waals surface area contributed by atoms with Crippen LogP contribution >= 0.6 is 0 Å². The molecule has 1 aromatic rings. The van der Waals surface area contributed by atoms with Crippen molar-refractivity contribution in [2.24, 2.45) is 0 Å². The van der Waals surface area contributed by atoms with Gasteiger partial charge in [0, 0.05) is 13.1 Å². The highest BCUT2D eigenvalue weighted by Gasteiger charge is 2.13. The van der Waals surface area contributed by atoms with Gasteiger partial charge in [-0.05, 0) is 31.0 Å². The molecule has 0 saturated carbocycles. The molecule has 0 spiro atoms. The standard InChI is InChI=1S/C12H17N/c1-3-13-7-6-11-8-10(2)4-5-12(11)9-13/h4-5,8H,3,6-7,9H2,1-2H3. The van der Waals surface area contributed by atoms with Gasteiger partial charge in [-0.3, -0.25) is 4.90 Å². The van der Waals surface area contributed by atoms with Crippen molar-refractivity contribution in [3.8, 4) is 0 Å². The van der Waals surface area contributed by atoms with Crippen molar-refractivity contribution in [2.75, 3.05) is 13.1 Å². The van der Waals surface area contributed by atoms with Gasteiger partial charge in [0.25, 0.3) is 0 Å². The zero-order valence-electron chi connectivity index (χ0n) is 8.51. The third-order valence-corrected chi connectivity index (χ3v) is 2.90. The van der Waals surface area contributed by atoms with Crippen LogP contribution in [0.4, 0.5) is 0 Å². The van der Waals surface area contributed by atoms with E-state index >= 15 is 0 Å². The Labute approximate surface area is 80.4 Å². The summed E-state index contributed by atoms with van der Waals surface area (Å²) in [6, 6.07) is 6.84. The first kappa shape index (κ1) is 8.76. The van der Waals surface area contributed by atoms with Crippen LogP contribution in [0, 0.1) is 6.92 Å². The molecule has 0 unspecified atom stereocenters. The number of rotatable bonds is 1. The van der Waals surface area contributed by atoms with Gasteiger partial charge in [-0.1, -0.05) is 30.7 Å². The summed E-state index contributed by atoms with van der Waals surface area (Å²) >= 11 is 0. The van der Waals surface area contributed by atoms with Gasteiger partial charge in [-0.2, -0.15) is 0 Å². The number of fused-ring (bicyclic) bond motifs is 1. The van der Waals surface area contributed by atoms with E-state index < -0.39 is 0 Å². The highest BCUT2D eigenvalue weighted by atomic mass is 15.1. The second kappa shape index (κ2) is 3.51. The lowest BCUT2D eigenvalue weighted by molar-refractivity contribution is 0.268. The zero-order chi connectivity index (χ0) is 9.26. The maximum absolute atomic E-state index is 2.50. The van der Waals surface area contributed by atoms with Gasteiger partial charge in [-0.15, -0.1) is 0 Å². The van der Waals surface area contributed by atoms with Gasteiger partial charge in [0.2, 0.25) is 0 Å². The molecule has 0 amide bonds. The van der Waals surface area contributed by atoms with Gasteiger partial charge in [-0.25, -0.2) is 0 Å². The van der Waals surface area contributed by atoms with Crippen molar-refractivity contribution in [2.45, 2.75) is 26.8 Å². The van der Waals surface area contributed by atoms with Crippen LogP contribution < -0.4 is 0 Å². The van der Waals surface area contributed by atoms with Gasteiger partial charge in [0.05, 0.1) is 0 Å². The molecule has 1 aliphatic rings. The summed E-state index contributed by atoms with van der Waals surface area (Å²) < 4.78 is 0. The van der Waals surface area contributed by atoms with E-state index in [2.05, 4.69) is 36.9 Å². The molecule has 1 aliphatic heterocycles. The fraction of sp³-hybridized carbons (Fsp3) is 0.500. The van der Waals surface area contributed by atoms with Crippen LogP contribution in [0.15, 0.2) is 18.2 Å². The minimum atomic E-state index is 1.14. The maximum atomic E-state index is 2.50. The summed E-state index contributed by atoms with van der Waals surface area (Å²) in [5.74, 6) is 0. The molecule has 1 nitrogen and oxygen atoms in total. The number of hydrogen-bond acceptors (Lipinski definition) is 1. The maximum Gasteiger partial charge on any atom is 0.0236 e. The predicted molar refractivity (Wildman–Crippen MR) is 55.8 cm³/mol. The molecule has 0 radical (unpaired) electrons. The second-order valence-corrected chi connectivity index (χ2v) is 3.89. The van der Waals surface area contributed by atoms with Crippen LogP contribution in [0.25, 0.3) is 0 Å². The van der Waals surface area contributed by atoms with Crippen molar-refractivity contribution >= 4 is 0 Å². The molecule has 0 saturated heterocycles. The van der Waals surface area contributed by atoms with Gasteiger partial charge >= 0.3 is 0 Å². The van der Waals surface area contributed by atoms with Crippen molar-refractivity contribution in [1.82, 2.24) is 4.90 Å². The first-order chi connectivity index (χ1) is 6.29. The van der Waals surface area contributed by atoms with Crippen molar-refractivity contribution < 1.29 is 0 Å². The Hall–Kier alpha value is -0.820. The molecule has 70 valence electrons. The molecule has 0 N–H and O–H groups in total. The summed E-state index contributed by atoms with van der Waals surface area (Å²) in [6.45, 7) is 7.96. The van der Waals surface area contributed by atoms with E-state index in [9.17, 15) is 0 Å². The van der Waals surface area contributed by atoms with Crippen LogP contribution in [0.3, 0.4) is 0 Å². The van der Waals surface area contributed by atoms with Crippen LogP contribution in [0.2, 0.25) is 0 Å². The van der Waals surface area contributed by atoms with E-state index in [1.807, 2.05) is 0 Å². The monoisotopic (exact) mass is 175 g/mol. The molecule has 0 fully saturated rings. The Bertz CT molecular complexity index is 304. The second-order valence-electron chi connectivity index (χ2n) is 3.89. The molecule has 0 aliphatic carbocycles. The summed E-state index contributed by atoms with van der Waals surface area (Å²) in [7, 11) is 0. The fourth-order valence-electron chi connectivity index (χ4n) is 2.01. The van der Waals surface area contributed by atoms with Gasteiger partial charge < -0.3 is 0 Å². The lowest BCUT2D eigenvalue weighted by atomic mass is 9.98. The van der Waals surface area contributed by atoms with Crippen LogP contribution in [0.1, 0.15) is 23.6 Å². The van der Waals surface area contributed by atoms with E-state index in [-0.39, 0.29) is 0 Å². The highest BCUT2D eigenvalue weighted by molar-refractivity contribution is 5.33. The Kier molecular flexibility index (Phi) is 2.36. The Balaban J connectivity index is 2.26. The zero-order valence-corrected chi connectivity index (χ0v) is 8.51. The molecule has 1 aromatic carbocycles. The Morgan fingerprint density at radius 3 is 2.92 bits per heavy atom. The summed E-state index contributed by atoms with van der Waals surface area (Å²) in [5, 5.41) is 0. The van der Waals surface area contributed by atoms with Crippen LogP contribution in [-0.2, 0) is 13.0 Å². The highest BCUT2D eigenvalue weighted by Crippen LogP contribution is 2.19. The predicted octanol–water partition coefficient (Wildman–Crippen LogP) is 2.37. The number of likely N-dealkylation sites (N-methyl/N-ethyl adjacent to an activating group) is 1. The summed E-state index contributed by atoms with van der Waals surface area (Å²) in [5.41, 5.74) is 4.48. The quantitative estimate of drug-likeness (QED) is 0.633. The minimum Gasteiger partial charge on any atom is -0.299 e. The van der Waals surface area contributed by atoms with Crippen molar-refractivity contribution in [3.63, 3.8) is 0 Å². The third-order valence-electron chi connectivity index (χ3n) is 2.90. The van der Waals surface area contributed by atoms with Gasteiger partial charge in [0.15, 0.2) is 0 Å². The average Bonchev–Trinajstić information content (AvgIpc) is 2.17. The lowest BCUT2D eigenvalue weighted by Gasteiger charge is -2.27. The SMILES string of the molecule is CCN1CCc2cc(C)ccc2C1. The number of aryl methyl sites for hydroxylation is 1. The van der Waals surface area contributed by atoms with E-state index in [0.717, 1.165) is 6.54 Å². The topological polar surface area (TPSA) is 3.24 Å². The molecular formula is C12H17N. The van der Waals surface area contributed by atoms with E-state index in [1.165, 1.54) is 30.6 Å². The molecule has 1 heterocycles. The van der Waals surface area contributed by atoms with Crippen molar-refractivity contribution in [3.05, 3.63) is 34.9 Å². The first-order valence-corrected chi connectivity index (χ1v) is 5.10. The molecule has 13 heavy (non-hydrogen) atoms. The number of hydrogen-bond donors (Lipinski definition) is 0. The summed E-state index contributed by atoms with van der Waals surface area (Å²) in [4.78, 5) is 2.50. The fourth-order valence-corrected chi connectivity index (χ4v) is 2.01. The molecule has 0 atom stereocenters.